The molecule has 20 heavy (non-hydrogen) atoms. The number of aromatic nitrogens is 2. The van der Waals surface area contributed by atoms with E-state index in [-0.39, 0.29) is 0 Å². The molecule has 5 heteroatoms. The van der Waals surface area contributed by atoms with Gasteiger partial charge in [-0.05, 0) is 49.5 Å². The monoisotopic (exact) mass is 291 g/mol. The highest BCUT2D eigenvalue weighted by molar-refractivity contribution is 7.13. The fourth-order valence-corrected chi connectivity index (χ4v) is 3.71. The average Bonchev–Trinajstić information content (AvgIpc) is 3.09. The van der Waals surface area contributed by atoms with Crippen LogP contribution >= 0.6 is 11.3 Å². The lowest BCUT2D eigenvalue weighted by Gasteiger charge is -2.31. The summed E-state index contributed by atoms with van der Waals surface area (Å²) in [5, 5.41) is 5.29. The number of rotatable bonds is 4. The predicted octanol–water partition coefficient (Wildman–Crippen LogP) is 2.87. The van der Waals surface area contributed by atoms with Crippen LogP contribution < -0.4 is 4.74 Å². The Morgan fingerprint density at radius 1 is 1.35 bits per heavy atom. The molecule has 0 bridgehead atoms. The third-order valence-electron chi connectivity index (χ3n) is 4.00. The maximum absolute atomic E-state index is 5.25. The lowest BCUT2D eigenvalue weighted by molar-refractivity contribution is 0.206. The summed E-state index contributed by atoms with van der Waals surface area (Å²) in [5.74, 6) is 0.679. The van der Waals surface area contributed by atoms with Crippen molar-refractivity contribution in [2.24, 2.45) is 7.05 Å². The molecule has 0 aromatic carbocycles. The first-order valence-corrected chi connectivity index (χ1v) is 7.90. The minimum absolute atomic E-state index is 0.679. The third kappa shape index (κ3) is 3.04. The second-order valence-electron chi connectivity index (χ2n) is 5.42. The zero-order valence-electron chi connectivity index (χ0n) is 12.1. The van der Waals surface area contributed by atoms with Crippen LogP contribution in [0.3, 0.4) is 0 Å². The van der Waals surface area contributed by atoms with Crippen molar-refractivity contribution in [2.75, 3.05) is 20.2 Å². The second kappa shape index (κ2) is 5.97. The Morgan fingerprint density at radius 3 is 2.75 bits per heavy atom. The molecule has 0 spiro atoms. The molecule has 0 radical (unpaired) electrons. The molecule has 4 nitrogen and oxygen atoms in total. The van der Waals surface area contributed by atoms with E-state index in [9.17, 15) is 0 Å². The van der Waals surface area contributed by atoms with Gasteiger partial charge in [-0.25, -0.2) is 0 Å². The summed E-state index contributed by atoms with van der Waals surface area (Å²) in [6.07, 6.45) is 6.64. The SMILES string of the molecule is COc1ccc(CN2CCC(c3cnn(C)c3)CC2)s1. The van der Waals surface area contributed by atoms with Crippen molar-refractivity contribution < 1.29 is 4.74 Å². The van der Waals surface area contributed by atoms with Crippen LogP contribution in [0.5, 0.6) is 5.06 Å². The van der Waals surface area contributed by atoms with Gasteiger partial charge in [0.2, 0.25) is 0 Å². The van der Waals surface area contributed by atoms with Gasteiger partial charge in [0, 0.05) is 24.7 Å². The van der Waals surface area contributed by atoms with Gasteiger partial charge in [-0.15, -0.1) is 11.3 Å². The summed E-state index contributed by atoms with van der Waals surface area (Å²) in [6, 6.07) is 4.24. The zero-order valence-corrected chi connectivity index (χ0v) is 12.9. The summed E-state index contributed by atoms with van der Waals surface area (Å²) in [6.45, 7) is 3.38. The maximum atomic E-state index is 5.25. The Morgan fingerprint density at radius 2 is 2.15 bits per heavy atom. The van der Waals surface area contributed by atoms with E-state index in [0.717, 1.165) is 11.6 Å². The van der Waals surface area contributed by atoms with Crippen molar-refractivity contribution in [3.05, 3.63) is 35.0 Å². The number of ether oxygens (including phenoxy) is 1. The molecule has 0 amide bonds. The Balaban J connectivity index is 1.53. The molecule has 3 heterocycles. The Kier molecular flexibility index (Phi) is 4.08. The van der Waals surface area contributed by atoms with E-state index in [1.54, 1.807) is 18.4 Å². The Labute approximate surface area is 124 Å². The van der Waals surface area contributed by atoms with Crippen LogP contribution in [0, 0.1) is 0 Å². The number of hydrogen-bond acceptors (Lipinski definition) is 4. The average molecular weight is 291 g/mol. The van der Waals surface area contributed by atoms with Crippen LogP contribution in [0.15, 0.2) is 24.5 Å². The van der Waals surface area contributed by atoms with E-state index in [4.69, 9.17) is 4.74 Å². The Hall–Kier alpha value is -1.33. The normalized spacial score (nSPS) is 17.5. The van der Waals surface area contributed by atoms with Crippen LogP contribution in [-0.4, -0.2) is 34.9 Å². The van der Waals surface area contributed by atoms with Crippen LogP contribution in [0.25, 0.3) is 0 Å². The van der Waals surface area contributed by atoms with Gasteiger partial charge in [0.05, 0.1) is 13.3 Å². The second-order valence-corrected chi connectivity index (χ2v) is 6.55. The summed E-state index contributed by atoms with van der Waals surface area (Å²) < 4.78 is 7.15. The molecule has 1 fully saturated rings. The van der Waals surface area contributed by atoms with Crippen molar-refractivity contribution in [2.45, 2.75) is 25.3 Å². The highest BCUT2D eigenvalue weighted by Crippen LogP contribution is 2.30. The topological polar surface area (TPSA) is 30.3 Å². The molecule has 0 aliphatic carbocycles. The standard InChI is InChI=1S/C15H21N3OS/c1-17-10-13(9-16-17)12-5-7-18(8-6-12)11-14-3-4-15(19-2)20-14/h3-4,9-10,12H,5-8,11H2,1-2H3. The van der Waals surface area contributed by atoms with Crippen molar-refractivity contribution in [3.8, 4) is 5.06 Å². The number of likely N-dealkylation sites (tertiary alicyclic amines) is 1. The number of thiophene rings is 1. The van der Waals surface area contributed by atoms with Crippen molar-refractivity contribution in [1.82, 2.24) is 14.7 Å². The van der Waals surface area contributed by atoms with Gasteiger partial charge < -0.3 is 4.74 Å². The molecule has 3 rings (SSSR count). The maximum Gasteiger partial charge on any atom is 0.173 e. The van der Waals surface area contributed by atoms with Gasteiger partial charge in [0.1, 0.15) is 0 Å². The van der Waals surface area contributed by atoms with E-state index < -0.39 is 0 Å². The third-order valence-corrected chi connectivity index (χ3v) is 5.03. The molecule has 0 saturated carbocycles. The molecule has 0 N–H and O–H groups in total. The molecule has 1 saturated heterocycles. The number of piperidine rings is 1. The molecular formula is C15H21N3OS. The lowest BCUT2D eigenvalue weighted by atomic mass is 9.91. The smallest absolute Gasteiger partial charge is 0.173 e. The fraction of sp³-hybridized carbons (Fsp3) is 0.533. The van der Waals surface area contributed by atoms with E-state index in [0.29, 0.717) is 5.92 Å². The van der Waals surface area contributed by atoms with Crippen LogP contribution in [-0.2, 0) is 13.6 Å². The highest BCUT2D eigenvalue weighted by Gasteiger charge is 2.21. The summed E-state index contributed by atoms with van der Waals surface area (Å²) in [4.78, 5) is 3.93. The quantitative estimate of drug-likeness (QED) is 0.868. The van der Waals surface area contributed by atoms with Gasteiger partial charge in [0.25, 0.3) is 0 Å². The van der Waals surface area contributed by atoms with Gasteiger partial charge in [-0.1, -0.05) is 0 Å². The fourth-order valence-electron chi connectivity index (χ4n) is 2.85. The van der Waals surface area contributed by atoms with Crippen LogP contribution in [0.4, 0.5) is 0 Å². The summed E-state index contributed by atoms with van der Waals surface area (Å²) in [5.41, 5.74) is 1.39. The first kappa shape index (κ1) is 13.6. The minimum Gasteiger partial charge on any atom is -0.487 e. The summed E-state index contributed by atoms with van der Waals surface area (Å²) >= 11 is 1.75. The molecule has 1 aliphatic heterocycles. The Bertz CT molecular complexity index is 555. The highest BCUT2D eigenvalue weighted by atomic mass is 32.1. The van der Waals surface area contributed by atoms with Gasteiger partial charge in [0.15, 0.2) is 5.06 Å². The number of hydrogen-bond donors (Lipinski definition) is 0. The van der Waals surface area contributed by atoms with Crippen LogP contribution in [0.1, 0.15) is 29.2 Å². The largest absolute Gasteiger partial charge is 0.487 e. The van der Waals surface area contributed by atoms with Crippen molar-refractivity contribution in [3.63, 3.8) is 0 Å². The van der Waals surface area contributed by atoms with Crippen LogP contribution in [0.2, 0.25) is 0 Å². The van der Waals surface area contributed by atoms with E-state index in [2.05, 4.69) is 28.3 Å². The molecule has 1 aliphatic rings. The number of nitrogens with zero attached hydrogens (tertiary/aromatic N) is 3. The van der Waals surface area contributed by atoms with Gasteiger partial charge in [-0.2, -0.15) is 5.10 Å². The summed E-state index contributed by atoms with van der Waals surface area (Å²) in [7, 11) is 3.72. The van der Waals surface area contributed by atoms with E-state index >= 15 is 0 Å². The molecule has 2 aromatic heterocycles. The first-order chi connectivity index (χ1) is 9.74. The minimum atomic E-state index is 0.679. The van der Waals surface area contributed by atoms with Gasteiger partial charge >= 0.3 is 0 Å². The molecule has 0 atom stereocenters. The molecular weight excluding hydrogens is 270 g/mol. The van der Waals surface area contributed by atoms with Crippen molar-refractivity contribution in [1.29, 1.82) is 0 Å². The molecule has 0 unspecified atom stereocenters. The molecule has 108 valence electrons. The molecule has 2 aromatic rings. The zero-order chi connectivity index (χ0) is 13.9. The van der Waals surface area contributed by atoms with Crippen molar-refractivity contribution >= 4 is 11.3 Å². The number of aryl methyl sites for hydroxylation is 1. The lowest BCUT2D eigenvalue weighted by Crippen LogP contribution is -2.32. The first-order valence-electron chi connectivity index (χ1n) is 7.08. The number of methoxy groups -OCH3 is 1. The van der Waals surface area contributed by atoms with E-state index in [1.165, 1.54) is 36.4 Å². The predicted molar refractivity (Wildman–Crippen MR) is 81.3 cm³/mol. The van der Waals surface area contributed by atoms with E-state index in [1.807, 2.05) is 17.9 Å². The van der Waals surface area contributed by atoms with Gasteiger partial charge in [-0.3, -0.25) is 9.58 Å².